The van der Waals surface area contributed by atoms with Gasteiger partial charge in [0.05, 0.1) is 12.0 Å². The number of hydrogen-bond acceptors (Lipinski definition) is 8. The van der Waals surface area contributed by atoms with Gasteiger partial charge in [-0.15, -0.1) is 11.3 Å². The largest absolute Gasteiger partial charge is 0.504 e. The predicted octanol–water partition coefficient (Wildman–Crippen LogP) is 1.05. The molecule has 1 aromatic carbocycles. The Balaban J connectivity index is 2.12. The van der Waals surface area contributed by atoms with Crippen molar-refractivity contribution in [2.45, 2.75) is 11.4 Å². The van der Waals surface area contributed by atoms with Gasteiger partial charge in [-0.05, 0) is 24.3 Å². The highest BCUT2D eigenvalue weighted by Gasteiger charge is 2.17. The van der Waals surface area contributed by atoms with E-state index in [1.54, 1.807) is 12.1 Å². The summed E-state index contributed by atoms with van der Waals surface area (Å²) < 4.78 is 36.3. The first-order valence-electron chi connectivity index (χ1n) is 6.60. The molecule has 0 aliphatic carbocycles. The molecular weight excluding hydrogens is 358 g/mol. The summed E-state index contributed by atoms with van der Waals surface area (Å²) in [5, 5.41) is 18.2. The third-order valence-electron chi connectivity index (χ3n) is 2.95. The van der Waals surface area contributed by atoms with E-state index in [1.807, 2.05) is 0 Å². The predicted molar refractivity (Wildman–Crippen MR) is 85.5 cm³/mol. The highest BCUT2D eigenvalue weighted by Crippen LogP contribution is 2.28. The van der Waals surface area contributed by atoms with Crippen molar-refractivity contribution in [3.05, 3.63) is 40.1 Å². The van der Waals surface area contributed by atoms with E-state index in [0.717, 1.165) is 23.5 Å². The summed E-state index contributed by atoms with van der Waals surface area (Å²) >= 11 is 1.12. The first kappa shape index (κ1) is 18.2. The number of sulfonamides is 1. The van der Waals surface area contributed by atoms with Crippen LogP contribution in [0.5, 0.6) is 11.5 Å². The molecule has 24 heavy (non-hydrogen) atoms. The molecule has 0 fully saturated rings. The number of benzene rings is 1. The number of carbonyl (C=O) groups excluding carboxylic acids is 1. The standard InChI is InChI=1S/C14H15NO7S2/c1-21-14(18)13-5-2-9(23-13)7-15-24(19,20)10-3-4-11(17)12(6-10)22-8-16/h2-6,15-17H,7-8H2,1H3. The van der Waals surface area contributed by atoms with Crippen LogP contribution >= 0.6 is 11.3 Å². The Morgan fingerprint density at radius 2 is 2.04 bits per heavy atom. The van der Waals surface area contributed by atoms with E-state index in [4.69, 9.17) is 9.84 Å². The van der Waals surface area contributed by atoms with Crippen LogP contribution in [0.25, 0.3) is 0 Å². The fourth-order valence-electron chi connectivity index (χ4n) is 1.78. The minimum atomic E-state index is -3.86. The molecule has 0 amide bonds. The molecule has 0 atom stereocenters. The van der Waals surface area contributed by atoms with E-state index < -0.39 is 22.8 Å². The van der Waals surface area contributed by atoms with Crippen molar-refractivity contribution in [1.82, 2.24) is 4.72 Å². The maximum absolute atomic E-state index is 12.3. The average Bonchev–Trinajstić information content (AvgIpc) is 3.03. The molecule has 1 heterocycles. The first-order chi connectivity index (χ1) is 11.4. The summed E-state index contributed by atoms with van der Waals surface area (Å²) in [6, 6.07) is 6.63. The third kappa shape index (κ3) is 4.23. The fourth-order valence-corrected chi connectivity index (χ4v) is 3.76. The first-order valence-corrected chi connectivity index (χ1v) is 8.90. The molecule has 0 bridgehead atoms. The minimum absolute atomic E-state index is 0.0128. The molecule has 0 unspecified atom stereocenters. The molecule has 0 saturated heterocycles. The molecule has 1 aromatic heterocycles. The topological polar surface area (TPSA) is 122 Å². The van der Waals surface area contributed by atoms with E-state index >= 15 is 0 Å². The average molecular weight is 373 g/mol. The van der Waals surface area contributed by atoms with Crippen molar-refractivity contribution in [2.24, 2.45) is 0 Å². The number of carbonyl (C=O) groups is 1. The van der Waals surface area contributed by atoms with E-state index in [9.17, 15) is 18.3 Å². The lowest BCUT2D eigenvalue weighted by Gasteiger charge is -2.09. The van der Waals surface area contributed by atoms with Crippen LogP contribution in [0.15, 0.2) is 35.2 Å². The zero-order valence-corrected chi connectivity index (χ0v) is 14.2. The van der Waals surface area contributed by atoms with Gasteiger partial charge in [-0.2, -0.15) is 0 Å². The number of aliphatic hydroxyl groups is 1. The maximum Gasteiger partial charge on any atom is 0.348 e. The Kier molecular flexibility index (Phi) is 5.78. The van der Waals surface area contributed by atoms with E-state index in [0.29, 0.717) is 9.75 Å². The van der Waals surface area contributed by atoms with Crippen molar-refractivity contribution in [3.8, 4) is 11.5 Å². The molecule has 2 aromatic rings. The summed E-state index contributed by atoms with van der Waals surface area (Å²) in [5.41, 5.74) is 0. The number of aromatic hydroxyl groups is 1. The van der Waals surface area contributed by atoms with Crippen LogP contribution in [0, 0.1) is 0 Å². The van der Waals surface area contributed by atoms with Gasteiger partial charge in [0.15, 0.2) is 18.3 Å². The third-order valence-corrected chi connectivity index (χ3v) is 5.41. The molecule has 0 radical (unpaired) electrons. The molecular formula is C14H15NO7S2. The van der Waals surface area contributed by atoms with Crippen molar-refractivity contribution in [2.75, 3.05) is 13.9 Å². The molecule has 2 rings (SSSR count). The number of hydrogen-bond donors (Lipinski definition) is 3. The summed E-state index contributed by atoms with van der Waals surface area (Å²) in [5.74, 6) is -0.924. The van der Waals surface area contributed by atoms with Gasteiger partial charge in [-0.1, -0.05) is 0 Å². The van der Waals surface area contributed by atoms with Gasteiger partial charge in [0.1, 0.15) is 4.88 Å². The van der Waals surface area contributed by atoms with Gasteiger partial charge in [-0.3, -0.25) is 0 Å². The lowest BCUT2D eigenvalue weighted by atomic mass is 10.3. The second-order valence-corrected chi connectivity index (χ2v) is 7.42. The van der Waals surface area contributed by atoms with Crippen LogP contribution in [0.3, 0.4) is 0 Å². The summed E-state index contributed by atoms with van der Waals surface area (Å²) in [4.78, 5) is 12.2. The quantitative estimate of drug-likeness (QED) is 0.490. The normalized spacial score (nSPS) is 11.2. The Labute approximate surface area is 142 Å². The number of thiophene rings is 1. The Morgan fingerprint density at radius 1 is 1.29 bits per heavy atom. The Bertz CT molecular complexity index is 829. The van der Waals surface area contributed by atoms with E-state index in [-0.39, 0.29) is 22.9 Å². The van der Waals surface area contributed by atoms with Crippen LogP contribution in [0.1, 0.15) is 14.5 Å². The maximum atomic E-state index is 12.3. The molecule has 0 aliphatic heterocycles. The summed E-state index contributed by atoms with van der Waals surface area (Å²) in [6.45, 7) is -0.711. The van der Waals surface area contributed by atoms with Crippen LogP contribution in [-0.2, 0) is 21.3 Å². The highest BCUT2D eigenvalue weighted by molar-refractivity contribution is 7.89. The monoisotopic (exact) mass is 373 g/mol. The van der Waals surface area contributed by atoms with Gasteiger partial charge in [0, 0.05) is 17.5 Å². The lowest BCUT2D eigenvalue weighted by molar-refractivity contribution is 0.0606. The summed E-state index contributed by atoms with van der Waals surface area (Å²) in [6.07, 6.45) is 0. The van der Waals surface area contributed by atoms with Crippen LogP contribution in [0.4, 0.5) is 0 Å². The minimum Gasteiger partial charge on any atom is -0.504 e. The molecule has 0 spiro atoms. The van der Waals surface area contributed by atoms with Gasteiger partial charge in [-0.25, -0.2) is 17.9 Å². The number of esters is 1. The zero-order chi connectivity index (χ0) is 17.7. The Morgan fingerprint density at radius 3 is 2.71 bits per heavy atom. The second kappa shape index (κ2) is 7.62. The van der Waals surface area contributed by atoms with Crippen LogP contribution in [-0.4, -0.2) is 38.5 Å². The SMILES string of the molecule is COC(=O)c1ccc(CNS(=O)(=O)c2ccc(O)c(OCO)c2)s1. The number of ether oxygens (including phenoxy) is 2. The van der Waals surface area contributed by atoms with Gasteiger partial charge in [0.2, 0.25) is 10.0 Å². The van der Waals surface area contributed by atoms with Crippen molar-refractivity contribution < 1.29 is 32.9 Å². The van der Waals surface area contributed by atoms with Crippen LogP contribution < -0.4 is 9.46 Å². The number of aliphatic hydroxyl groups excluding tert-OH is 1. The molecule has 3 N–H and O–H groups in total. The fraction of sp³-hybridized carbons (Fsp3) is 0.214. The van der Waals surface area contributed by atoms with Crippen molar-refractivity contribution >= 4 is 27.3 Å². The second-order valence-electron chi connectivity index (χ2n) is 4.49. The number of phenols is 1. The van der Waals surface area contributed by atoms with Crippen LogP contribution in [0.2, 0.25) is 0 Å². The molecule has 0 saturated carbocycles. The van der Waals surface area contributed by atoms with Crippen molar-refractivity contribution in [1.29, 1.82) is 0 Å². The lowest BCUT2D eigenvalue weighted by Crippen LogP contribution is -2.22. The highest BCUT2D eigenvalue weighted by atomic mass is 32.2. The van der Waals surface area contributed by atoms with E-state index in [1.165, 1.54) is 13.2 Å². The van der Waals surface area contributed by atoms with Gasteiger partial charge in [0.25, 0.3) is 0 Å². The smallest absolute Gasteiger partial charge is 0.348 e. The Hall–Kier alpha value is -2.14. The van der Waals surface area contributed by atoms with E-state index in [2.05, 4.69) is 9.46 Å². The molecule has 130 valence electrons. The number of phenolic OH excluding ortho intramolecular Hbond substituents is 1. The molecule has 0 aliphatic rings. The molecule has 10 heteroatoms. The zero-order valence-electron chi connectivity index (χ0n) is 12.6. The molecule has 8 nitrogen and oxygen atoms in total. The summed E-state index contributed by atoms with van der Waals surface area (Å²) in [7, 11) is -2.60. The number of methoxy groups -OCH3 is 1. The van der Waals surface area contributed by atoms with Gasteiger partial charge >= 0.3 is 5.97 Å². The van der Waals surface area contributed by atoms with Gasteiger partial charge < -0.3 is 19.7 Å². The number of rotatable bonds is 7. The van der Waals surface area contributed by atoms with Crippen molar-refractivity contribution in [3.63, 3.8) is 0 Å². The number of nitrogens with one attached hydrogen (secondary N) is 1.